The number of ether oxygens (including phenoxy) is 3. The fraction of sp³-hybridized carbons (Fsp3) is 0.316. The zero-order valence-electron chi connectivity index (χ0n) is 15.4. The molecule has 3 rings (SSSR count). The monoisotopic (exact) mass is 371 g/mol. The molecular weight excluding hydrogens is 350 g/mol. The third kappa shape index (κ3) is 3.79. The van der Waals surface area contributed by atoms with Gasteiger partial charge in [-0.25, -0.2) is 4.79 Å². The lowest BCUT2D eigenvalue weighted by Gasteiger charge is -2.28. The summed E-state index contributed by atoms with van der Waals surface area (Å²) in [5.41, 5.74) is 2.81. The van der Waals surface area contributed by atoms with Crippen molar-refractivity contribution in [3.63, 3.8) is 0 Å². The zero-order valence-corrected chi connectivity index (χ0v) is 15.4. The van der Waals surface area contributed by atoms with Gasteiger partial charge in [0.05, 0.1) is 33.4 Å². The minimum absolute atomic E-state index is 0.266. The van der Waals surface area contributed by atoms with E-state index in [1.807, 2.05) is 0 Å². The van der Waals surface area contributed by atoms with Crippen molar-refractivity contribution in [2.24, 2.45) is 0 Å². The fourth-order valence-electron chi connectivity index (χ4n) is 3.09. The lowest BCUT2D eigenvalue weighted by atomic mass is 9.97. The minimum Gasteiger partial charge on any atom is -0.493 e. The van der Waals surface area contributed by atoms with Crippen molar-refractivity contribution in [2.45, 2.75) is 13.0 Å². The summed E-state index contributed by atoms with van der Waals surface area (Å²) in [7, 11) is 4.44. The second-order valence-corrected chi connectivity index (χ2v) is 5.99. The Morgan fingerprint density at radius 3 is 2.59 bits per heavy atom. The molecule has 0 radical (unpaired) electrons. The van der Waals surface area contributed by atoms with Gasteiger partial charge in [0, 0.05) is 30.7 Å². The lowest BCUT2D eigenvalue weighted by molar-refractivity contribution is 0.102. The summed E-state index contributed by atoms with van der Waals surface area (Å²) in [5.74, 6) is 0.840. The van der Waals surface area contributed by atoms with Crippen molar-refractivity contribution in [1.82, 2.24) is 9.88 Å². The Morgan fingerprint density at radius 2 is 1.89 bits per heavy atom. The highest BCUT2D eigenvalue weighted by Gasteiger charge is 2.25. The Balaban J connectivity index is 1.82. The first kappa shape index (κ1) is 18.5. The van der Waals surface area contributed by atoms with Crippen molar-refractivity contribution in [2.75, 3.05) is 33.2 Å². The number of carbonyl (C=O) groups is 2. The molecule has 1 aromatic heterocycles. The maximum Gasteiger partial charge on any atom is 0.409 e. The highest BCUT2D eigenvalue weighted by atomic mass is 16.5. The van der Waals surface area contributed by atoms with Crippen molar-refractivity contribution in [1.29, 1.82) is 0 Å². The third-order valence-electron chi connectivity index (χ3n) is 4.46. The van der Waals surface area contributed by atoms with Crippen molar-refractivity contribution >= 4 is 17.7 Å². The number of benzene rings is 1. The Labute approximate surface area is 157 Å². The highest BCUT2D eigenvalue weighted by molar-refractivity contribution is 6.05. The molecule has 0 unspecified atom stereocenters. The zero-order chi connectivity index (χ0) is 19.4. The van der Waals surface area contributed by atoms with Crippen molar-refractivity contribution < 1.29 is 23.8 Å². The number of hydrogen-bond acceptors (Lipinski definition) is 6. The minimum atomic E-state index is -0.388. The van der Waals surface area contributed by atoms with Crippen LogP contribution < -0.4 is 14.8 Å². The summed E-state index contributed by atoms with van der Waals surface area (Å²) in [5, 5.41) is 2.86. The van der Waals surface area contributed by atoms with Gasteiger partial charge >= 0.3 is 6.09 Å². The van der Waals surface area contributed by atoms with E-state index in [9.17, 15) is 9.59 Å². The van der Waals surface area contributed by atoms with Crippen LogP contribution in [0.4, 0.5) is 10.5 Å². The van der Waals surface area contributed by atoms with Crippen LogP contribution in [0.25, 0.3) is 0 Å². The molecule has 0 atom stereocenters. The molecule has 0 saturated heterocycles. The van der Waals surface area contributed by atoms with Gasteiger partial charge < -0.3 is 24.4 Å². The van der Waals surface area contributed by atoms with Crippen molar-refractivity contribution in [3.05, 3.63) is 47.3 Å². The standard InChI is InChI=1S/C19H21N3O5/c1-25-16-5-4-13(8-17(16)26-2)21-18(23)15-10-20-9-12-11-22(19(24)27-3)7-6-14(12)15/h4-5,8-10H,6-7,11H2,1-3H3,(H,21,23). The molecule has 1 aromatic carbocycles. The van der Waals surface area contributed by atoms with E-state index in [0.29, 0.717) is 42.3 Å². The second kappa shape index (κ2) is 7.94. The first-order valence-corrected chi connectivity index (χ1v) is 8.39. The van der Waals surface area contributed by atoms with E-state index < -0.39 is 0 Å². The van der Waals surface area contributed by atoms with Gasteiger partial charge in [0.1, 0.15) is 0 Å². The van der Waals surface area contributed by atoms with E-state index >= 15 is 0 Å². The van der Waals surface area contributed by atoms with Crippen LogP contribution in [0.15, 0.2) is 30.6 Å². The van der Waals surface area contributed by atoms with Crippen LogP contribution >= 0.6 is 0 Å². The van der Waals surface area contributed by atoms with Gasteiger partial charge in [0.15, 0.2) is 11.5 Å². The van der Waals surface area contributed by atoms with Crippen LogP contribution in [0.1, 0.15) is 21.5 Å². The number of aromatic nitrogens is 1. The number of methoxy groups -OCH3 is 3. The molecule has 0 fully saturated rings. The summed E-state index contributed by atoms with van der Waals surface area (Å²) in [4.78, 5) is 30.3. The molecule has 2 amide bonds. The Morgan fingerprint density at radius 1 is 1.11 bits per heavy atom. The molecule has 1 N–H and O–H groups in total. The molecule has 27 heavy (non-hydrogen) atoms. The number of amides is 2. The summed E-state index contributed by atoms with van der Waals surface area (Å²) in [6, 6.07) is 5.15. The predicted octanol–water partition coefficient (Wildman–Crippen LogP) is 2.48. The molecule has 8 nitrogen and oxygen atoms in total. The molecule has 2 aromatic rings. The molecule has 0 spiro atoms. The third-order valence-corrected chi connectivity index (χ3v) is 4.46. The maximum absolute atomic E-state index is 12.8. The van der Waals surface area contributed by atoms with Gasteiger partial charge in [-0.2, -0.15) is 0 Å². The van der Waals surface area contributed by atoms with E-state index in [2.05, 4.69) is 10.3 Å². The summed E-state index contributed by atoms with van der Waals surface area (Å²) in [6.07, 6.45) is 3.39. The summed E-state index contributed by atoms with van der Waals surface area (Å²) < 4.78 is 15.2. The highest BCUT2D eigenvalue weighted by Crippen LogP contribution is 2.30. The van der Waals surface area contributed by atoms with Gasteiger partial charge in [0.2, 0.25) is 0 Å². The van der Waals surface area contributed by atoms with Crippen LogP contribution in [-0.4, -0.2) is 49.8 Å². The number of carbonyl (C=O) groups excluding carboxylic acids is 2. The van der Waals surface area contributed by atoms with Gasteiger partial charge in [-0.15, -0.1) is 0 Å². The fourth-order valence-corrected chi connectivity index (χ4v) is 3.09. The number of rotatable bonds is 4. The molecule has 8 heteroatoms. The van der Waals surface area contributed by atoms with E-state index in [-0.39, 0.29) is 12.0 Å². The molecule has 0 aliphatic carbocycles. The average molecular weight is 371 g/mol. The molecule has 1 aliphatic rings. The van der Waals surface area contributed by atoms with Gasteiger partial charge in [0.25, 0.3) is 5.91 Å². The number of nitrogens with zero attached hydrogens (tertiary/aromatic N) is 2. The predicted molar refractivity (Wildman–Crippen MR) is 98.3 cm³/mol. The normalized spacial score (nSPS) is 12.8. The number of nitrogens with one attached hydrogen (secondary N) is 1. The van der Waals surface area contributed by atoms with Gasteiger partial charge in [-0.05, 0) is 29.7 Å². The summed E-state index contributed by atoms with van der Waals surface area (Å²) in [6.45, 7) is 0.854. The molecule has 0 bridgehead atoms. The van der Waals surface area contributed by atoms with E-state index in [1.165, 1.54) is 14.2 Å². The van der Waals surface area contributed by atoms with Crippen LogP contribution in [-0.2, 0) is 17.7 Å². The second-order valence-electron chi connectivity index (χ2n) is 5.99. The number of hydrogen-bond donors (Lipinski definition) is 1. The quantitative estimate of drug-likeness (QED) is 0.888. The lowest BCUT2D eigenvalue weighted by Crippen LogP contribution is -2.36. The molecular formula is C19H21N3O5. The topological polar surface area (TPSA) is 90.0 Å². The van der Waals surface area contributed by atoms with Crippen molar-refractivity contribution in [3.8, 4) is 11.5 Å². The summed E-state index contributed by atoms with van der Waals surface area (Å²) >= 11 is 0. The van der Waals surface area contributed by atoms with Crippen LogP contribution in [0.5, 0.6) is 11.5 Å². The number of pyridine rings is 1. The Kier molecular flexibility index (Phi) is 5.44. The molecule has 1 aliphatic heterocycles. The van der Waals surface area contributed by atoms with Gasteiger partial charge in [-0.3, -0.25) is 9.78 Å². The largest absolute Gasteiger partial charge is 0.493 e. The SMILES string of the molecule is COC(=O)N1CCc2c(cncc2C(=O)Nc2ccc(OC)c(OC)c2)C1. The first-order valence-electron chi connectivity index (χ1n) is 8.39. The van der Waals surface area contributed by atoms with Gasteiger partial charge in [-0.1, -0.05) is 0 Å². The maximum atomic E-state index is 12.8. The van der Waals surface area contributed by atoms with Crippen LogP contribution in [0.2, 0.25) is 0 Å². The molecule has 2 heterocycles. The Hall–Kier alpha value is -3.29. The van der Waals surface area contributed by atoms with E-state index in [4.69, 9.17) is 14.2 Å². The van der Waals surface area contributed by atoms with Crippen LogP contribution in [0, 0.1) is 0 Å². The first-order chi connectivity index (χ1) is 13.1. The Bertz CT molecular complexity index is 868. The number of fused-ring (bicyclic) bond motifs is 1. The van der Waals surface area contributed by atoms with E-state index in [0.717, 1.165) is 11.1 Å². The van der Waals surface area contributed by atoms with Crippen LogP contribution in [0.3, 0.4) is 0 Å². The smallest absolute Gasteiger partial charge is 0.409 e. The molecule has 0 saturated carbocycles. The molecule has 142 valence electrons. The average Bonchev–Trinajstić information content (AvgIpc) is 2.71. The van der Waals surface area contributed by atoms with E-state index in [1.54, 1.807) is 42.6 Å². The number of anilines is 1.